The van der Waals surface area contributed by atoms with Crippen LogP contribution in [0.25, 0.3) is 0 Å². The number of nitrogens with zero attached hydrogens (tertiary/aromatic N) is 1. The first-order valence-corrected chi connectivity index (χ1v) is 11.8. The van der Waals surface area contributed by atoms with Crippen LogP contribution in [-0.2, 0) is 27.2 Å². The molecule has 0 heterocycles. The summed E-state index contributed by atoms with van der Waals surface area (Å²) in [6.07, 6.45) is -3.51. The van der Waals surface area contributed by atoms with E-state index in [-0.39, 0.29) is 13.0 Å². The Hall–Kier alpha value is -3.59. The molecule has 3 amide bonds. The number of amides is 3. The number of ether oxygens (including phenoxy) is 2. The van der Waals surface area contributed by atoms with E-state index >= 15 is 0 Å². The van der Waals surface area contributed by atoms with Crippen molar-refractivity contribution < 1.29 is 29.0 Å². The zero-order chi connectivity index (χ0) is 26.9. The van der Waals surface area contributed by atoms with Crippen LogP contribution < -0.4 is 10.7 Å². The third-order valence-electron chi connectivity index (χ3n) is 4.76. The van der Waals surface area contributed by atoms with Crippen LogP contribution in [0, 0.1) is 0 Å². The van der Waals surface area contributed by atoms with E-state index in [1.807, 2.05) is 36.4 Å². The number of aliphatic hydroxyl groups excluding tert-OH is 1. The summed E-state index contributed by atoms with van der Waals surface area (Å²) in [5.41, 5.74) is 2.22. The molecule has 36 heavy (non-hydrogen) atoms. The Bertz CT molecular complexity index is 1000. The summed E-state index contributed by atoms with van der Waals surface area (Å²) in [7, 11) is 0. The molecule has 3 N–H and O–H groups in total. The molecule has 0 aromatic heterocycles. The molecule has 0 radical (unpaired) electrons. The molecule has 0 aliphatic heterocycles. The second-order valence-corrected chi connectivity index (χ2v) is 10.4. The molecule has 2 aromatic carbocycles. The topological polar surface area (TPSA) is 117 Å². The molecule has 0 fully saturated rings. The Morgan fingerprint density at radius 1 is 0.833 bits per heavy atom. The fourth-order valence-electron chi connectivity index (χ4n) is 3.24. The normalized spacial score (nSPS) is 13.2. The van der Waals surface area contributed by atoms with Crippen LogP contribution in [0.15, 0.2) is 60.7 Å². The average Bonchev–Trinajstić information content (AvgIpc) is 2.78. The summed E-state index contributed by atoms with van der Waals surface area (Å²) in [5.74, 6) is -0.709. The second kappa shape index (κ2) is 12.4. The maximum Gasteiger partial charge on any atom is 0.429 e. The van der Waals surface area contributed by atoms with E-state index in [2.05, 4.69) is 10.7 Å². The van der Waals surface area contributed by atoms with Gasteiger partial charge in [0.1, 0.15) is 11.2 Å². The predicted octanol–water partition coefficient (Wildman–Crippen LogP) is 3.95. The molecule has 0 bridgehead atoms. The summed E-state index contributed by atoms with van der Waals surface area (Å²) in [6.45, 7) is 10.2. The first kappa shape index (κ1) is 28.6. The van der Waals surface area contributed by atoms with Crippen molar-refractivity contribution in [2.45, 2.75) is 77.9 Å². The lowest BCUT2D eigenvalue weighted by Gasteiger charge is -2.35. The van der Waals surface area contributed by atoms with Gasteiger partial charge < -0.3 is 19.9 Å². The van der Waals surface area contributed by atoms with Crippen LogP contribution in [-0.4, -0.2) is 51.6 Å². The van der Waals surface area contributed by atoms with Gasteiger partial charge in [-0.15, -0.1) is 0 Å². The summed E-state index contributed by atoms with van der Waals surface area (Å²) < 4.78 is 10.8. The minimum Gasteiger partial charge on any atom is -0.443 e. The van der Waals surface area contributed by atoms with E-state index in [9.17, 15) is 19.5 Å². The molecular formula is C27H37N3O6. The highest BCUT2D eigenvalue weighted by atomic mass is 16.6. The quantitative estimate of drug-likeness (QED) is 0.497. The molecule has 0 aliphatic carbocycles. The standard InChI is InChI=1S/C27H37N3O6/c1-26(2,3)35-24(33)29-30(25(34)36-27(4,5)6)21(17-19-13-9-7-10-14-19)22(31)23(32)28-18-20-15-11-8-12-16-20/h7-16,21-22,31H,17-18H2,1-6H3,(H,28,32)(H,29,33)/t21-,22?/m0/s1. The zero-order valence-corrected chi connectivity index (χ0v) is 21.8. The minimum absolute atomic E-state index is 0.0514. The van der Waals surface area contributed by atoms with Gasteiger partial charge in [-0.05, 0) is 59.1 Å². The van der Waals surface area contributed by atoms with Crippen LogP contribution >= 0.6 is 0 Å². The van der Waals surface area contributed by atoms with Gasteiger partial charge in [0.2, 0.25) is 0 Å². The van der Waals surface area contributed by atoms with Crippen molar-refractivity contribution in [1.29, 1.82) is 0 Å². The van der Waals surface area contributed by atoms with Gasteiger partial charge >= 0.3 is 12.2 Å². The van der Waals surface area contributed by atoms with E-state index in [1.165, 1.54) is 0 Å². The first-order chi connectivity index (χ1) is 16.7. The molecule has 2 atom stereocenters. The highest BCUT2D eigenvalue weighted by molar-refractivity contribution is 5.83. The van der Waals surface area contributed by atoms with Crippen molar-refractivity contribution in [3.63, 3.8) is 0 Å². The lowest BCUT2D eigenvalue weighted by molar-refractivity contribution is -0.133. The van der Waals surface area contributed by atoms with Crippen molar-refractivity contribution in [1.82, 2.24) is 15.8 Å². The predicted molar refractivity (Wildman–Crippen MR) is 136 cm³/mol. The molecule has 0 spiro atoms. The fourth-order valence-corrected chi connectivity index (χ4v) is 3.24. The molecule has 1 unspecified atom stereocenters. The van der Waals surface area contributed by atoms with Gasteiger partial charge in [-0.3, -0.25) is 4.79 Å². The van der Waals surface area contributed by atoms with Crippen molar-refractivity contribution in [3.8, 4) is 0 Å². The van der Waals surface area contributed by atoms with Crippen LogP contribution in [0.1, 0.15) is 52.7 Å². The van der Waals surface area contributed by atoms with Crippen molar-refractivity contribution in [2.24, 2.45) is 0 Å². The maximum absolute atomic E-state index is 13.2. The number of carbonyl (C=O) groups is 3. The summed E-state index contributed by atoms with van der Waals surface area (Å²) >= 11 is 0. The van der Waals surface area contributed by atoms with Gasteiger partial charge in [-0.25, -0.2) is 20.0 Å². The lowest BCUT2D eigenvalue weighted by atomic mass is 10.00. The lowest BCUT2D eigenvalue weighted by Crippen LogP contribution is -2.61. The maximum atomic E-state index is 13.2. The first-order valence-electron chi connectivity index (χ1n) is 11.8. The summed E-state index contributed by atoms with van der Waals surface area (Å²) in [6, 6.07) is 17.0. The molecule has 0 aliphatic rings. The number of hydrogen-bond donors (Lipinski definition) is 3. The molecule has 9 heteroatoms. The van der Waals surface area contributed by atoms with Gasteiger partial charge in [-0.1, -0.05) is 60.7 Å². The van der Waals surface area contributed by atoms with Gasteiger partial charge in [0.15, 0.2) is 6.10 Å². The molecular weight excluding hydrogens is 462 g/mol. The number of hydrogen-bond acceptors (Lipinski definition) is 6. The number of nitrogens with one attached hydrogen (secondary N) is 2. The third-order valence-corrected chi connectivity index (χ3v) is 4.76. The molecule has 0 saturated carbocycles. The number of hydrazine groups is 1. The summed E-state index contributed by atoms with van der Waals surface area (Å²) in [5, 5.41) is 14.6. The number of aliphatic hydroxyl groups is 1. The van der Waals surface area contributed by atoms with Gasteiger partial charge in [0.25, 0.3) is 5.91 Å². The van der Waals surface area contributed by atoms with E-state index in [0.717, 1.165) is 16.1 Å². The molecule has 196 valence electrons. The molecule has 9 nitrogen and oxygen atoms in total. The van der Waals surface area contributed by atoms with Crippen LogP contribution in [0.4, 0.5) is 9.59 Å². The highest BCUT2D eigenvalue weighted by Gasteiger charge is 2.38. The Balaban J connectivity index is 2.36. The smallest absolute Gasteiger partial charge is 0.429 e. The van der Waals surface area contributed by atoms with E-state index in [1.54, 1.807) is 65.8 Å². The Morgan fingerprint density at radius 3 is 1.83 bits per heavy atom. The SMILES string of the molecule is CC(C)(C)OC(=O)NN(C(=O)OC(C)(C)C)[C@@H](Cc1ccccc1)C(O)C(=O)NCc1ccccc1. The number of benzene rings is 2. The Kier molecular flexibility index (Phi) is 9.86. The summed E-state index contributed by atoms with van der Waals surface area (Å²) in [4.78, 5) is 38.8. The molecule has 2 rings (SSSR count). The minimum atomic E-state index is -1.70. The van der Waals surface area contributed by atoms with Crippen molar-refractivity contribution >= 4 is 18.1 Å². The number of rotatable bonds is 7. The van der Waals surface area contributed by atoms with E-state index in [4.69, 9.17) is 9.47 Å². The fraction of sp³-hybridized carbons (Fsp3) is 0.444. The third kappa shape index (κ3) is 9.95. The average molecular weight is 500 g/mol. The molecule has 0 saturated heterocycles. The van der Waals surface area contributed by atoms with Gasteiger partial charge in [0, 0.05) is 6.54 Å². The van der Waals surface area contributed by atoms with Crippen molar-refractivity contribution in [2.75, 3.05) is 0 Å². The Labute approximate surface area is 212 Å². The van der Waals surface area contributed by atoms with Crippen LogP contribution in [0.3, 0.4) is 0 Å². The zero-order valence-electron chi connectivity index (χ0n) is 21.8. The van der Waals surface area contributed by atoms with Crippen molar-refractivity contribution in [3.05, 3.63) is 71.8 Å². The molecule has 2 aromatic rings. The van der Waals surface area contributed by atoms with Crippen LogP contribution in [0.5, 0.6) is 0 Å². The highest BCUT2D eigenvalue weighted by Crippen LogP contribution is 2.18. The van der Waals surface area contributed by atoms with E-state index < -0.39 is 41.4 Å². The van der Waals surface area contributed by atoms with E-state index in [0.29, 0.717) is 0 Å². The largest absolute Gasteiger partial charge is 0.443 e. The Morgan fingerprint density at radius 2 is 1.33 bits per heavy atom. The second-order valence-electron chi connectivity index (χ2n) is 10.4. The number of carbonyl (C=O) groups excluding carboxylic acids is 3. The monoisotopic (exact) mass is 499 g/mol. The van der Waals surface area contributed by atoms with Gasteiger partial charge in [0.05, 0.1) is 6.04 Å². The van der Waals surface area contributed by atoms with Crippen LogP contribution in [0.2, 0.25) is 0 Å². The van der Waals surface area contributed by atoms with Gasteiger partial charge in [-0.2, -0.15) is 0 Å².